The van der Waals surface area contributed by atoms with E-state index in [4.69, 9.17) is 20.9 Å². The summed E-state index contributed by atoms with van der Waals surface area (Å²) >= 11 is 8.08. The molecule has 0 bridgehead atoms. The number of halogens is 4. The maximum atomic E-state index is 13.7. The summed E-state index contributed by atoms with van der Waals surface area (Å²) in [7, 11) is 0. The van der Waals surface area contributed by atoms with Gasteiger partial charge in [0.2, 0.25) is 5.88 Å². The van der Waals surface area contributed by atoms with Gasteiger partial charge in [0.25, 0.3) is 0 Å². The van der Waals surface area contributed by atoms with E-state index >= 15 is 0 Å². The largest absolute Gasteiger partial charge is 0.477 e. The zero-order chi connectivity index (χ0) is 26.7. The SMILES string of the molecule is CC1c2cc3onc(NSC4CC4)c3cc2C2(CC2)C(=O)CC1c1cnc(OCCCC(F)(F)F)c(Cl)c1. The summed E-state index contributed by atoms with van der Waals surface area (Å²) in [5.74, 6) is 0.787. The molecular formula is C27H27ClF3N3O3S. The molecule has 11 heteroatoms. The van der Waals surface area contributed by atoms with Gasteiger partial charge < -0.3 is 14.0 Å². The fourth-order valence-corrected chi connectivity index (χ4v) is 6.43. The van der Waals surface area contributed by atoms with Crippen molar-refractivity contribution >= 4 is 46.1 Å². The van der Waals surface area contributed by atoms with Gasteiger partial charge in [0.1, 0.15) is 10.8 Å². The van der Waals surface area contributed by atoms with Crippen molar-refractivity contribution in [1.29, 1.82) is 0 Å². The number of hydrogen-bond donors (Lipinski definition) is 1. The van der Waals surface area contributed by atoms with Crippen molar-refractivity contribution in [3.63, 3.8) is 0 Å². The molecule has 2 heterocycles. The number of aromatic nitrogens is 2. The monoisotopic (exact) mass is 565 g/mol. The third kappa shape index (κ3) is 4.97. The second-order valence-electron chi connectivity index (χ2n) is 10.6. The van der Waals surface area contributed by atoms with Crippen LogP contribution in [0.2, 0.25) is 5.02 Å². The predicted octanol–water partition coefficient (Wildman–Crippen LogP) is 7.71. The molecular weight excluding hydrogens is 539 g/mol. The second-order valence-corrected chi connectivity index (χ2v) is 12.1. The molecule has 3 aliphatic carbocycles. The Morgan fingerprint density at radius 1 is 1.26 bits per heavy atom. The number of carbonyl (C=O) groups is 1. The van der Waals surface area contributed by atoms with Crippen molar-refractivity contribution in [2.24, 2.45) is 0 Å². The van der Waals surface area contributed by atoms with Gasteiger partial charge in [-0.1, -0.05) is 23.7 Å². The van der Waals surface area contributed by atoms with Crippen LogP contribution >= 0.6 is 23.5 Å². The lowest BCUT2D eigenvalue weighted by molar-refractivity contribution is -0.136. The number of ether oxygens (including phenoxy) is 1. The molecule has 2 aromatic heterocycles. The van der Waals surface area contributed by atoms with E-state index in [0.717, 1.165) is 34.9 Å². The van der Waals surface area contributed by atoms with Crippen LogP contribution in [0.15, 0.2) is 28.9 Å². The molecule has 202 valence electrons. The molecule has 2 saturated carbocycles. The van der Waals surface area contributed by atoms with Gasteiger partial charge in [-0.3, -0.25) is 4.79 Å². The maximum Gasteiger partial charge on any atom is 0.389 e. The second kappa shape index (κ2) is 9.62. The number of Topliss-reactive ketones (excluding diaryl/α,β-unsaturated/α-hetero) is 1. The Kier molecular flexibility index (Phi) is 6.53. The fraction of sp³-hybridized carbons (Fsp3) is 0.519. The van der Waals surface area contributed by atoms with Crippen LogP contribution in [0.5, 0.6) is 5.88 Å². The summed E-state index contributed by atoms with van der Waals surface area (Å²) in [5.41, 5.74) is 3.10. The Balaban J connectivity index is 1.28. The number of nitrogens with one attached hydrogen (secondary N) is 1. The van der Waals surface area contributed by atoms with Gasteiger partial charge in [0, 0.05) is 24.3 Å². The summed E-state index contributed by atoms with van der Waals surface area (Å²) < 4.78 is 51.6. The molecule has 1 N–H and O–H groups in total. The number of ketones is 1. The number of hydrogen-bond acceptors (Lipinski definition) is 7. The highest BCUT2D eigenvalue weighted by Gasteiger charge is 2.54. The van der Waals surface area contributed by atoms with Crippen molar-refractivity contribution in [1.82, 2.24) is 10.1 Å². The Hall–Kier alpha value is -2.46. The molecule has 2 atom stereocenters. The lowest BCUT2D eigenvalue weighted by Crippen LogP contribution is -2.20. The minimum atomic E-state index is -4.23. The summed E-state index contributed by atoms with van der Waals surface area (Å²) in [6.07, 6.45) is 0.663. The smallest absolute Gasteiger partial charge is 0.389 e. The van der Waals surface area contributed by atoms with E-state index in [9.17, 15) is 18.0 Å². The first-order valence-corrected chi connectivity index (χ1v) is 14.1. The van der Waals surface area contributed by atoms with Gasteiger partial charge >= 0.3 is 6.18 Å². The molecule has 2 fully saturated rings. The van der Waals surface area contributed by atoms with E-state index < -0.39 is 18.0 Å². The number of benzene rings is 1. The van der Waals surface area contributed by atoms with Gasteiger partial charge in [-0.2, -0.15) is 13.2 Å². The Bertz CT molecular complexity index is 1390. The number of carbonyl (C=O) groups excluding carboxylic acids is 1. The summed E-state index contributed by atoms with van der Waals surface area (Å²) in [4.78, 5) is 17.9. The van der Waals surface area contributed by atoms with E-state index in [1.54, 1.807) is 24.2 Å². The van der Waals surface area contributed by atoms with Gasteiger partial charge in [0.05, 0.1) is 17.4 Å². The number of fused-ring (bicyclic) bond motifs is 3. The molecule has 6 nitrogen and oxygen atoms in total. The molecule has 1 spiro atoms. The minimum Gasteiger partial charge on any atom is -0.477 e. The standard InChI is InChI=1S/C27H27ClF3N3O3S/c1-14-17(15-9-21(28)25(32-13-15)36-8-2-5-27(29,30)31)12-23(35)26(6-7-26)20-10-19-22(11-18(14)20)37-33-24(19)34-38-16-3-4-16/h9-11,13-14,16-17H,2-8,12H2,1H3,(H,33,34). The van der Waals surface area contributed by atoms with Crippen molar-refractivity contribution in [2.75, 3.05) is 11.3 Å². The first-order valence-electron chi connectivity index (χ1n) is 12.9. The van der Waals surface area contributed by atoms with E-state index in [-0.39, 0.29) is 41.5 Å². The molecule has 6 rings (SSSR count). The molecule has 3 aromatic rings. The van der Waals surface area contributed by atoms with Gasteiger partial charge in [-0.25, -0.2) is 4.98 Å². The van der Waals surface area contributed by atoms with Crippen molar-refractivity contribution < 1.29 is 27.2 Å². The van der Waals surface area contributed by atoms with Crippen molar-refractivity contribution in [3.05, 3.63) is 46.1 Å². The van der Waals surface area contributed by atoms with Crippen LogP contribution < -0.4 is 9.46 Å². The fourth-order valence-electron chi connectivity index (χ4n) is 5.40. The third-order valence-corrected chi connectivity index (χ3v) is 9.27. The van der Waals surface area contributed by atoms with Crippen LogP contribution in [0.3, 0.4) is 0 Å². The van der Waals surface area contributed by atoms with Crippen LogP contribution in [0.4, 0.5) is 19.0 Å². The van der Waals surface area contributed by atoms with E-state index in [1.165, 1.54) is 12.8 Å². The first kappa shape index (κ1) is 25.8. The van der Waals surface area contributed by atoms with Gasteiger partial charge in [-0.05, 0) is 90.8 Å². The van der Waals surface area contributed by atoms with E-state index in [2.05, 4.69) is 27.9 Å². The number of alkyl halides is 3. The lowest BCUT2D eigenvalue weighted by Gasteiger charge is -2.23. The average Bonchev–Trinajstić information content (AvgIpc) is 3.81. The van der Waals surface area contributed by atoms with Crippen LogP contribution in [-0.2, 0) is 10.2 Å². The van der Waals surface area contributed by atoms with Crippen LogP contribution in [0, 0.1) is 0 Å². The maximum absolute atomic E-state index is 13.7. The minimum absolute atomic E-state index is 0.0305. The molecule has 3 aliphatic rings. The van der Waals surface area contributed by atoms with Crippen LogP contribution in [-0.4, -0.2) is 34.0 Å². The van der Waals surface area contributed by atoms with E-state index in [1.807, 2.05) is 6.07 Å². The van der Waals surface area contributed by atoms with Crippen LogP contribution in [0.25, 0.3) is 11.0 Å². The Morgan fingerprint density at radius 2 is 2.05 bits per heavy atom. The number of anilines is 1. The summed E-state index contributed by atoms with van der Waals surface area (Å²) in [6, 6.07) is 5.83. The topological polar surface area (TPSA) is 77.3 Å². The molecule has 0 saturated heterocycles. The number of pyridine rings is 1. The lowest BCUT2D eigenvalue weighted by atomic mass is 9.81. The highest BCUT2D eigenvalue weighted by Crippen LogP contribution is 2.57. The summed E-state index contributed by atoms with van der Waals surface area (Å²) in [6.45, 7) is 1.96. The highest BCUT2D eigenvalue weighted by atomic mass is 35.5. The number of rotatable bonds is 8. The van der Waals surface area contributed by atoms with Gasteiger partial charge in [0.15, 0.2) is 11.4 Å². The van der Waals surface area contributed by atoms with Gasteiger partial charge in [-0.15, -0.1) is 0 Å². The normalized spacial score (nSPS) is 22.4. The zero-order valence-corrected chi connectivity index (χ0v) is 22.3. The Labute approximate surface area is 227 Å². The van der Waals surface area contributed by atoms with Crippen molar-refractivity contribution in [3.8, 4) is 5.88 Å². The first-order chi connectivity index (χ1) is 18.1. The van der Waals surface area contributed by atoms with Crippen molar-refractivity contribution in [2.45, 2.75) is 80.5 Å². The molecule has 0 radical (unpaired) electrons. The average molecular weight is 566 g/mol. The Morgan fingerprint density at radius 3 is 2.74 bits per heavy atom. The molecule has 1 aromatic carbocycles. The number of nitrogens with zero attached hydrogens (tertiary/aromatic N) is 2. The highest BCUT2D eigenvalue weighted by molar-refractivity contribution is 8.01. The molecule has 0 amide bonds. The molecule has 0 aliphatic heterocycles. The van der Waals surface area contributed by atoms with E-state index in [0.29, 0.717) is 23.1 Å². The zero-order valence-electron chi connectivity index (χ0n) is 20.7. The third-order valence-electron chi connectivity index (χ3n) is 7.89. The van der Waals surface area contributed by atoms with Crippen LogP contribution in [0.1, 0.15) is 80.4 Å². The predicted molar refractivity (Wildman–Crippen MR) is 140 cm³/mol. The quantitative estimate of drug-likeness (QED) is 0.221. The molecule has 38 heavy (non-hydrogen) atoms. The summed E-state index contributed by atoms with van der Waals surface area (Å²) in [5, 5.41) is 5.96. The molecule has 2 unspecified atom stereocenters.